The van der Waals surface area contributed by atoms with Gasteiger partial charge in [0.15, 0.2) is 6.04 Å². The lowest BCUT2D eigenvalue weighted by Gasteiger charge is -2.41. The van der Waals surface area contributed by atoms with Crippen LogP contribution in [0.5, 0.6) is 5.88 Å². The Morgan fingerprint density at radius 3 is 2.76 bits per heavy atom. The van der Waals surface area contributed by atoms with Crippen LogP contribution in [0.4, 0.5) is 0 Å². The van der Waals surface area contributed by atoms with Gasteiger partial charge in [-0.3, -0.25) is 14.5 Å². The molecule has 0 N–H and O–H groups in total. The van der Waals surface area contributed by atoms with Crippen LogP contribution in [-0.4, -0.2) is 34.8 Å². The van der Waals surface area contributed by atoms with Crippen molar-refractivity contribution in [1.82, 2.24) is 9.97 Å². The zero-order chi connectivity index (χ0) is 20.4. The number of allylic oxidation sites excluding steroid dienone is 1. The normalized spacial score (nSPS) is 20.3. The van der Waals surface area contributed by atoms with Crippen LogP contribution >= 0.6 is 0 Å². The van der Waals surface area contributed by atoms with Crippen molar-refractivity contribution in [2.24, 2.45) is 10.9 Å². The number of rotatable bonds is 5. The Balaban J connectivity index is 1.70. The zero-order valence-electron chi connectivity index (χ0n) is 17.9. The molecule has 0 amide bonds. The molecule has 0 saturated carbocycles. The largest absolute Gasteiger partial charge is 0.471 e. The Labute approximate surface area is 173 Å². The first-order valence-corrected chi connectivity index (χ1v) is 10.6. The summed E-state index contributed by atoms with van der Waals surface area (Å²) in [4.78, 5) is 13.9. The summed E-state index contributed by atoms with van der Waals surface area (Å²) in [6.45, 7) is 4.92. The van der Waals surface area contributed by atoms with Crippen LogP contribution in [-0.2, 0) is 19.4 Å². The first-order chi connectivity index (χ1) is 14.0. The van der Waals surface area contributed by atoms with Gasteiger partial charge in [-0.05, 0) is 43.4 Å². The van der Waals surface area contributed by atoms with Crippen molar-refractivity contribution < 1.29 is 9.22 Å². The maximum absolute atomic E-state index is 6.09. The van der Waals surface area contributed by atoms with Crippen molar-refractivity contribution in [3.63, 3.8) is 0 Å². The average molecular weight is 392 g/mol. The Morgan fingerprint density at radius 1 is 1.17 bits per heavy atom. The van der Waals surface area contributed by atoms with E-state index in [-0.39, 0.29) is 6.04 Å². The number of aliphatic imine (C=N–C) groups is 1. The molecule has 5 heteroatoms. The van der Waals surface area contributed by atoms with Gasteiger partial charge in [0, 0.05) is 29.4 Å². The number of hydrogen-bond donors (Lipinski definition) is 0. The Bertz CT molecular complexity index is 931. The highest BCUT2D eigenvalue weighted by molar-refractivity contribution is 5.69. The fourth-order valence-electron chi connectivity index (χ4n) is 4.60. The van der Waals surface area contributed by atoms with Crippen molar-refractivity contribution in [2.75, 3.05) is 14.1 Å². The summed E-state index contributed by atoms with van der Waals surface area (Å²) in [5.41, 5.74) is 6.15. The molecule has 3 heterocycles. The zero-order valence-corrected chi connectivity index (χ0v) is 17.9. The first kappa shape index (κ1) is 19.8. The molecule has 2 aromatic rings. The third-order valence-electron chi connectivity index (χ3n) is 6.11. The number of quaternary nitrogens is 1. The summed E-state index contributed by atoms with van der Waals surface area (Å²) in [6.07, 6.45) is 10.4. The van der Waals surface area contributed by atoms with Crippen molar-refractivity contribution >= 4 is 6.21 Å². The van der Waals surface area contributed by atoms with E-state index in [9.17, 15) is 0 Å². The van der Waals surface area contributed by atoms with Crippen molar-refractivity contribution in [3.05, 3.63) is 64.9 Å². The van der Waals surface area contributed by atoms with E-state index in [2.05, 4.69) is 50.2 Å². The summed E-state index contributed by atoms with van der Waals surface area (Å²) in [5.74, 6) is 1.14. The van der Waals surface area contributed by atoms with E-state index >= 15 is 0 Å². The molecule has 4 rings (SSSR count). The molecule has 2 aliphatic rings. The molecule has 1 aliphatic carbocycles. The fraction of sp³-hybridized carbons (Fsp3) is 0.458. The maximum atomic E-state index is 6.09. The van der Waals surface area contributed by atoms with E-state index in [0.29, 0.717) is 18.4 Å². The second kappa shape index (κ2) is 8.07. The fourth-order valence-corrected chi connectivity index (χ4v) is 4.60. The Hall–Kier alpha value is -2.53. The Morgan fingerprint density at radius 2 is 2.00 bits per heavy atom. The quantitative estimate of drug-likeness (QED) is 0.698. The van der Waals surface area contributed by atoms with E-state index in [0.717, 1.165) is 23.0 Å². The maximum Gasteiger partial charge on any atom is 0.214 e. The van der Waals surface area contributed by atoms with Gasteiger partial charge >= 0.3 is 0 Å². The molecule has 29 heavy (non-hydrogen) atoms. The molecule has 2 aromatic heterocycles. The topological polar surface area (TPSA) is 47.4 Å². The summed E-state index contributed by atoms with van der Waals surface area (Å²) in [5, 5.41) is 0. The number of fused-ring (bicyclic) bond motifs is 1. The third kappa shape index (κ3) is 3.97. The van der Waals surface area contributed by atoms with Crippen molar-refractivity contribution in [1.29, 1.82) is 0 Å². The van der Waals surface area contributed by atoms with E-state index in [4.69, 9.17) is 9.72 Å². The van der Waals surface area contributed by atoms with Gasteiger partial charge in [0.25, 0.3) is 0 Å². The van der Waals surface area contributed by atoms with Gasteiger partial charge in [-0.1, -0.05) is 19.9 Å². The average Bonchev–Trinajstić information content (AvgIpc) is 2.72. The molecule has 0 fully saturated rings. The predicted molar refractivity (Wildman–Crippen MR) is 116 cm³/mol. The van der Waals surface area contributed by atoms with Crippen LogP contribution in [0, 0.1) is 5.92 Å². The summed E-state index contributed by atoms with van der Waals surface area (Å²) in [7, 11) is 4.57. The van der Waals surface area contributed by atoms with Crippen molar-refractivity contribution in [3.8, 4) is 5.88 Å². The molecule has 0 saturated heterocycles. The highest BCUT2D eigenvalue weighted by atomic mass is 16.5. The number of aryl methyl sites for hydroxylation is 1. The van der Waals surface area contributed by atoms with Gasteiger partial charge in [-0.25, -0.2) is 4.98 Å². The summed E-state index contributed by atoms with van der Waals surface area (Å²) in [6, 6.07) is 8.20. The van der Waals surface area contributed by atoms with Gasteiger partial charge < -0.3 is 4.74 Å². The number of ether oxygens (including phenoxy) is 1. The number of pyridine rings is 2. The van der Waals surface area contributed by atoms with Gasteiger partial charge in [-0.15, -0.1) is 0 Å². The molecular weight excluding hydrogens is 360 g/mol. The lowest BCUT2D eigenvalue weighted by Crippen LogP contribution is -2.46. The van der Waals surface area contributed by atoms with Gasteiger partial charge in [0.2, 0.25) is 5.88 Å². The minimum Gasteiger partial charge on any atom is -0.471 e. The highest BCUT2D eigenvalue weighted by Crippen LogP contribution is 2.39. The SMILES string of the molecule is CC(C)C1=CN=CC(c2cc(OCc3ccccn3)nc3c2CCCC3)[N+]1(C)C. The van der Waals surface area contributed by atoms with Gasteiger partial charge in [0.05, 0.1) is 32.2 Å². The van der Waals surface area contributed by atoms with E-state index in [1.54, 1.807) is 6.20 Å². The van der Waals surface area contributed by atoms with Crippen molar-refractivity contribution in [2.45, 2.75) is 52.2 Å². The molecule has 0 aromatic carbocycles. The van der Waals surface area contributed by atoms with Crippen LogP contribution in [0.1, 0.15) is 55.2 Å². The van der Waals surface area contributed by atoms with Gasteiger partial charge in [-0.2, -0.15) is 0 Å². The molecule has 0 bridgehead atoms. The molecule has 1 atom stereocenters. The molecule has 1 aliphatic heterocycles. The molecule has 0 radical (unpaired) electrons. The molecule has 5 nitrogen and oxygen atoms in total. The monoisotopic (exact) mass is 391 g/mol. The minimum absolute atomic E-state index is 0.171. The van der Waals surface area contributed by atoms with Crippen LogP contribution < -0.4 is 4.74 Å². The lowest BCUT2D eigenvalue weighted by atomic mass is 9.87. The van der Waals surface area contributed by atoms with E-state index in [1.165, 1.54) is 35.4 Å². The smallest absolute Gasteiger partial charge is 0.214 e. The van der Waals surface area contributed by atoms with E-state index < -0.39 is 0 Å². The summed E-state index contributed by atoms with van der Waals surface area (Å²) < 4.78 is 6.88. The molecule has 1 unspecified atom stereocenters. The number of aromatic nitrogens is 2. The second-order valence-corrected chi connectivity index (χ2v) is 8.78. The third-order valence-corrected chi connectivity index (χ3v) is 6.11. The van der Waals surface area contributed by atoms with Gasteiger partial charge in [0.1, 0.15) is 12.3 Å². The number of nitrogens with zero attached hydrogens (tertiary/aromatic N) is 4. The summed E-state index contributed by atoms with van der Waals surface area (Å²) >= 11 is 0. The van der Waals surface area contributed by atoms with Crippen LogP contribution in [0.2, 0.25) is 0 Å². The molecule has 152 valence electrons. The lowest BCUT2D eigenvalue weighted by molar-refractivity contribution is -0.876. The standard InChI is InChI=1S/C24H31N4O/c1-17(2)22-14-25-15-23(28(22,3)4)20-13-24(27-21-11-6-5-10-19(20)21)29-16-18-9-7-8-12-26-18/h7-9,12-15,17,23H,5-6,10-11,16H2,1-4H3/q+1. The molecular formula is C24H31N4O+. The predicted octanol–water partition coefficient (Wildman–Crippen LogP) is 4.63. The van der Waals surface area contributed by atoms with Crippen LogP contribution in [0.25, 0.3) is 0 Å². The number of hydrogen-bond acceptors (Lipinski definition) is 4. The second-order valence-electron chi connectivity index (χ2n) is 8.78. The highest BCUT2D eigenvalue weighted by Gasteiger charge is 2.38. The Kier molecular flexibility index (Phi) is 5.50. The first-order valence-electron chi connectivity index (χ1n) is 10.6. The molecule has 0 spiro atoms. The van der Waals surface area contributed by atoms with Crippen LogP contribution in [0.15, 0.2) is 47.4 Å². The minimum atomic E-state index is 0.171. The van der Waals surface area contributed by atoms with Crippen LogP contribution in [0.3, 0.4) is 0 Å². The van der Waals surface area contributed by atoms with E-state index in [1.807, 2.05) is 24.4 Å².